The van der Waals surface area contributed by atoms with Crippen LogP contribution in [0, 0.1) is 0 Å². The largest absolute Gasteiger partial charge is 0.461 e. The Kier molecular flexibility index (Phi) is 5.27. The molecule has 1 aliphatic rings. The van der Waals surface area contributed by atoms with Gasteiger partial charge in [-0.25, -0.2) is 9.78 Å². The molecule has 1 N–H and O–H groups in total. The Morgan fingerprint density at radius 1 is 1.30 bits per heavy atom. The number of nitrogens with zero attached hydrogens (tertiary/aromatic N) is 3. The van der Waals surface area contributed by atoms with E-state index in [-0.39, 0.29) is 18.3 Å². The van der Waals surface area contributed by atoms with Crippen molar-refractivity contribution in [3.05, 3.63) is 30.0 Å². The lowest BCUT2D eigenvalue weighted by atomic mass is 10.0. The maximum absolute atomic E-state index is 12.5. The molecule has 1 saturated heterocycles. The molecule has 0 radical (unpaired) electrons. The molecule has 2 aromatic heterocycles. The molecule has 1 amide bonds. The first kappa shape index (κ1) is 20.4. The SMILES string of the molecule is CC(C)Oc1ncc2c(n1)[nH]c1ccc(C3CN(C(=O)OC(C)(C)C)CCO3)cc12. The van der Waals surface area contributed by atoms with Gasteiger partial charge >= 0.3 is 12.1 Å². The van der Waals surface area contributed by atoms with Gasteiger partial charge in [0.1, 0.15) is 17.4 Å². The van der Waals surface area contributed by atoms with Crippen LogP contribution in [0.4, 0.5) is 4.79 Å². The third-order valence-corrected chi connectivity index (χ3v) is 4.78. The van der Waals surface area contributed by atoms with Gasteiger partial charge in [0.25, 0.3) is 0 Å². The van der Waals surface area contributed by atoms with E-state index in [1.807, 2.05) is 46.8 Å². The van der Waals surface area contributed by atoms with Crippen molar-refractivity contribution in [3.8, 4) is 6.01 Å². The molecule has 1 atom stereocenters. The number of H-pyrrole nitrogens is 1. The highest BCUT2D eigenvalue weighted by Crippen LogP contribution is 2.30. The van der Waals surface area contributed by atoms with E-state index in [0.29, 0.717) is 25.7 Å². The molecule has 1 unspecified atom stereocenters. The van der Waals surface area contributed by atoms with Crippen molar-refractivity contribution in [2.24, 2.45) is 0 Å². The van der Waals surface area contributed by atoms with E-state index >= 15 is 0 Å². The molecule has 3 aromatic rings. The predicted octanol–water partition coefficient (Wildman–Crippen LogP) is 4.21. The standard InChI is InChI=1S/C22H28N4O4/c1-13(2)29-20-23-11-16-15-10-14(6-7-17(15)24-19(16)25-20)18-12-26(8-9-28-18)21(27)30-22(3,4)5/h6-7,10-11,13,18H,8-9,12H2,1-5H3,(H,23,24,25). The normalized spacial score (nSPS) is 17.7. The highest BCUT2D eigenvalue weighted by Gasteiger charge is 2.29. The number of carbonyl (C=O) groups is 1. The van der Waals surface area contributed by atoms with E-state index in [1.54, 1.807) is 11.1 Å². The lowest BCUT2D eigenvalue weighted by Crippen LogP contribution is -2.44. The second kappa shape index (κ2) is 7.75. The molecule has 1 aromatic carbocycles. The maximum atomic E-state index is 12.5. The number of benzene rings is 1. The summed E-state index contributed by atoms with van der Waals surface area (Å²) in [6.07, 6.45) is 1.26. The summed E-state index contributed by atoms with van der Waals surface area (Å²) >= 11 is 0. The lowest BCUT2D eigenvalue weighted by molar-refractivity contribution is -0.0432. The molecular formula is C22H28N4O4. The van der Waals surface area contributed by atoms with E-state index in [4.69, 9.17) is 14.2 Å². The molecular weight excluding hydrogens is 384 g/mol. The number of nitrogens with one attached hydrogen (secondary N) is 1. The number of aromatic amines is 1. The van der Waals surface area contributed by atoms with Gasteiger partial charge in [0, 0.05) is 29.0 Å². The summed E-state index contributed by atoms with van der Waals surface area (Å²) in [5.41, 5.74) is 2.17. The Labute approximate surface area is 175 Å². The minimum Gasteiger partial charge on any atom is -0.461 e. The number of rotatable bonds is 3. The number of carbonyl (C=O) groups excluding carboxylic acids is 1. The quantitative estimate of drug-likeness (QED) is 0.693. The number of hydrogen-bond acceptors (Lipinski definition) is 6. The minimum absolute atomic E-state index is 0.00907. The Bertz CT molecular complexity index is 1070. The highest BCUT2D eigenvalue weighted by molar-refractivity contribution is 6.05. The van der Waals surface area contributed by atoms with Gasteiger partial charge in [-0.05, 0) is 52.3 Å². The summed E-state index contributed by atoms with van der Waals surface area (Å²) < 4.78 is 17.1. The monoisotopic (exact) mass is 412 g/mol. The van der Waals surface area contributed by atoms with E-state index in [1.165, 1.54) is 0 Å². The van der Waals surface area contributed by atoms with Gasteiger partial charge in [-0.15, -0.1) is 0 Å². The minimum atomic E-state index is -0.522. The molecule has 3 heterocycles. The van der Waals surface area contributed by atoms with Crippen molar-refractivity contribution in [1.82, 2.24) is 19.9 Å². The second-order valence-corrected chi connectivity index (χ2v) is 8.80. The number of aromatic nitrogens is 3. The molecule has 160 valence electrons. The van der Waals surface area contributed by atoms with Crippen LogP contribution in [0.25, 0.3) is 21.9 Å². The smallest absolute Gasteiger partial charge is 0.410 e. The van der Waals surface area contributed by atoms with Crippen LogP contribution < -0.4 is 4.74 Å². The number of ether oxygens (including phenoxy) is 3. The summed E-state index contributed by atoms with van der Waals surface area (Å²) in [5, 5.41) is 1.93. The summed E-state index contributed by atoms with van der Waals surface area (Å²) in [7, 11) is 0. The number of fused-ring (bicyclic) bond motifs is 3. The van der Waals surface area contributed by atoms with Gasteiger partial charge in [-0.1, -0.05) is 6.07 Å². The molecule has 0 spiro atoms. The van der Waals surface area contributed by atoms with E-state index in [9.17, 15) is 4.79 Å². The Hall–Kier alpha value is -2.87. The van der Waals surface area contributed by atoms with Crippen molar-refractivity contribution in [3.63, 3.8) is 0 Å². The first-order chi connectivity index (χ1) is 14.2. The summed E-state index contributed by atoms with van der Waals surface area (Å²) in [6.45, 7) is 10.9. The third kappa shape index (κ3) is 4.33. The van der Waals surface area contributed by atoms with Crippen LogP contribution in [0.15, 0.2) is 24.4 Å². The van der Waals surface area contributed by atoms with Crippen molar-refractivity contribution in [1.29, 1.82) is 0 Å². The maximum Gasteiger partial charge on any atom is 0.410 e. The Morgan fingerprint density at radius 3 is 2.83 bits per heavy atom. The summed E-state index contributed by atoms with van der Waals surface area (Å²) in [6, 6.07) is 6.45. The second-order valence-electron chi connectivity index (χ2n) is 8.80. The van der Waals surface area contributed by atoms with Crippen molar-refractivity contribution < 1.29 is 19.0 Å². The molecule has 4 rings (SSSR count). The van der Waals surface area contributed by atoms with Gasteiger partial charge in [0.05, 0.1) is 19.3 Å². The van der Waals surface area contributed by atoms with Gasteiger partial charge in [0.15, 0.2) is 0 Å². The molecule has 30 heavy (non-hydrogen) atoms. The first-order valence-electron chi connectivity index (χ1n) is 10.2. The fourth-order valence-corrected chi connectivity index (χ4v) is 3.49. The number of hydrogen-bond donors (Lipinski definition) is 1. The van der Waals surface area contributed by atoms with Gasteiger partial charge < -0.3 is 24.1 Å². The predicted molar refractivity (Wildman–Crippen MR) is 114 cm³/mol. The summed E-state index contributed by atoms with van der Waals surface area (Å²) in [4.78, 5) is 26.3. The molecule has 0 aliphatic carbocycles. The van der Waals surface area contributed by atoms with Crippen LogP contribution in [-0.2, 0) is 9.47 Å². The average molecular weight is 412 g/mol. The zero-order valence-corrected chi connectivity index (χ0v) is 18.1. The number of morpholine rings is 1. The molecule has 0 saturated carbocycles. The van der Waals surface area contributed by atoms with E-state index < -0.39 is 5.60 Å². The fourth-order valence-electron chi connectivity index (χ4n) is 3.49. The fraction of sp³-hybridized carbons (Fsp3) is 0.500. The van der Waals surface area contributed by atoms with Crippen LogP contribution in [0.3, 0.4) is 0 Å². The van der Waals surface area contributed by atoms with Crippen LogP contribution >= 0.6 is 0 Å². The zero-order valence-electron chi connectivity index (χ0n) is 18.1. The van der Waals surface area contributed by atoms with Crippen LogP contribution in [0.2, 0.25) is 0 Å². The van der Waals surface area contributed by atoms with E-state index in [0.717, 1.165) is 27.5 Å². The molecule has 0 bridgehead atoms. The van der Waals surface area contributed by atoms with Crippen LogP contribution in [0.1, 0.15) is 46.3 Å². The van der Waals surface area contributed by atoms with E-state index in [2.05, 4.69) is 21.0 Å². The molecule has 1 aliphatic heterocycles. The van der Waals surface area contributed by atoms with Gasteiger partial charge in [-0.3, -0.25) is 0 Å². The Morgan fingerprint density at radius 2 is 2.10 bits per heavy atom. The Balaban J connectivity index is 1.59. The van der Waals surface area contributed by atoms with Gasteiger partial charge in [0.2, 0.25) is 0 Å². The first-order valence-corrected chi connectivity index (χ1v) is 10.2. The van der Waals surface area contributed by atoms with Crippen LogP contribution in [-0.4, -0.2) is 57.3 Å². The molecule has 8 nitrogen and oxygen atoms in total. The summed E-state index contributed by atoms with van der Waals surface area (Å²) in [5.74, 6) is 0. The third-order valence-electron chi connectivity index (χ3n) is 4.78. The van der Waals surface area contributed by atoms with Crippen molar-refractivity contribution in [2.75, 3.05) is 19.7 Å². The zero-order chi connectivity index (χ0) is 21.5. The molecule has 8 heteroatoms. The van der Waals surface area contributed by atoms with Crippen molar-refractivity contribution in [2.45, 2.75) is 52.4 Å². The average Bonchev–Trinajstić information content (AvgIpc) is 3.03. The number of amides is 1. The van der Waals surface area contributed by atoms with Crippen molar-refractivity contribution >= 4 is 28.0 Å². The topological polar surface area (TPSA) is 89.6 Å². The highest BCUT2D eigenvalue weighted by atomic mass is 16.6. The van der Waals surface area contributed by atoms with Crippen LogP contribution in [0.5, 0.6) is 6.01 Å². The lowest BCUT2D eigenvalue weighted by Gasteiger charge is -2.34. The molecule has 1 fully saturated rings. The van der Waals surface area contributed by atoms with Gasteiger partial charge in [-0.2, -0.15) is 4.98 Å².